The quantitative estimate of drug-likeness (QED) is 0.808. The van der Waals surface area contributed by atoms with E-state index >= 15 is 0 Å². The molecule has 0 atom stereocenters. The molecule has 16 heavy (non-hydrogen) atoms. The number of alkyl halides is 3. The van der Waals surface area contributed by atoms with E-state index in [2.05, 4.69) is 5.32 Å². The van der Waals surface area contributed by atoms with E-state index < -0.39 is 11.7 Å². The average molecular weight is 254 g/mol. The zero-order valence-corrected chi connectivity index (χ0v) is 9.07. The fraction of sp³-hybridized carbons (Fsp3) is 0.400. The van der Waals surface area contributed by atoms with Gasteiger partial charge in [-0.05, 0) is 24.6 Å². The topological polar surface area (TPSA) is 32.3 Å². The second-order valence-corrected chi connectivity index (χ2v) is 3.67. The standard InChI is InChI=1S/C10H11ClF3NO/c11-8-4-7(10(12,13)14)5-9(6-8)15-2-1-3-16/h4-6,15-16H,1-3H2. The number of benzene rings is 1. The zero-order chi connectivity index (χ0) is 12.2. The number of rotatable bonds is 4. The third-order valence-corrected chi connectivity index (χ3v) is 2.11. The number of hydrogen-bond acceptors (Lipinski definition) is 2. The summed E-state index contributed by atoms with van der Waals surface area (Å²) in [5, 5.41) is 11.3. The molecule has 0 aliphatic carbocycles. The Morgan fingerprint density at radius 1 is 1.25 bits per heavy atom. The first kappa shape index (κ1) is 13.1. The van der Waals surface area contributed by atoms with Gasteiger partial charge < -0.3 is 10.4 Å². The molecule has 1 aromatic rings. The molecule has 0 heterocycles. The van der Waals surface area contributed by atoms with Crippen LogP contribution >= 0.6 is 11.6 Å². The number of nitrogens with one attached hydrogen (secondary N) is 1. The van der Waals surface area contributed by atoms with E-state index in [0.29, 0.717) is 18.7 Å². The molecule has 2 nitrogen and oxygen atoms in total. The highest BCUT2D eigenvalue weighted by molar-refractivity contribution is 6.30. The fourth-order valence-corrected chi connectivity index (χ4v) is 1.40. The molecule has 0 bridgehead atoms. The van der Waals surface area contributed by atoms with Crippen LogP contribution in [0.5, 0.6) is 0 Å². The van der Waals surface area contributed by atoms with Crippen molar-refractivity contribution >= 4 is 17.3 Å². The van der Waals surface area contributed by atoms with Crippen molar-refractivity contribution < 1.29 is 18.3 Å². The van der Waals surface area contributed by atoms with Crippen molar-refractivity contribution in [1.82, 2.24) is 0 Å². The van der Waals surface area contributed by atoms with Crippen LogP contribution in [-0.4, -0.2) is 18.3 Å². The van der Waals surface area contributed by atoms with E-state index in [1.165, 1.54) is 6.07 Å². The Morgan fingerprint density at radius 2 is 1.94 bits per heavy atom. The minimum absolute atomic E-state index is 0.0142. The van der Waals surface area contributed by atoms with Crippen molar-refractivity contribution in [3.05, 3.63) is 28.8 Å². The van der Waals surface area contributed by atoms with Gasteiger partial charge in [0, 0.05) is 23.9 Å². The Bertz CT molecular complexity index is 354. The maximum absolute atomic E-state index is 12.4. The van der Waals surface area contributed by atoms with Gasteiger partial charge in [0.2, 0.25) is 0 Å². The molecule has 0 amide bonds. The SMILES string of the molecule is OCCCNc1cc(Cl)cc(C(F)(F)F)c1. The van der Waals surface area contributed by atoms with Gasteiger partial charge in [0.15, 0.2) is 0 Å². The van der Waals surface area contributed by atoms with Crippen molar-refractivity contribution in [2.75, 3.05) is 18.5 Å². The number of hydrogen-bond donors (Lipinski definition) is 2. The number of halogens is 4. The van der Waals surface area contributed by atoms with Crippen LogP contribution in [-0.2, 0) is 6.18 Å². The van der Waals surface area contributed by atoms with E-state index in [0.717, 1.165) is 12.1 Å². The van der Waals surface area contributed by atoms with Gasteiger partial charge in [0.1, 0.15) is 0 Å². The van der Waals surface area contributed by atoms with Gasteiger partial charge in [-0.2, -0.15) is 13.2 Å². The molecule has 1 rings (SSSR count). The van der Waals surface area contributed by atoms with Gasteiger partial charge in [-0.25, -0.2) is 0 Å². The molecule has 0 saturated carbocycles. The Kier molecular flexibility index (Phi) is 4.44. The monoisotopic (exact) mass is 253 g/mol. The summed E-state index contributed by atoms with van der Waals surface area (Å²) in [4.78, 5) is 0. The summed E-state index contributed by atoms with van der Waals surface area (Å²) in [5.74, 6) is 0. The lowest BCUT2D eigenvalue weighted by Crippen LogP contribution is -2.08. The predicted octanol–water partition coefficient (Wildman–Crippen LogP) is 3.15. The van der Waals surface area contributed by atoms with Gasteiger partial charge in [-0.1, -0.05) is 11.6 Å². The Morgan fingerprint density at radius 3 is 2.50 bits per heavy atom. The maximum Gasteiger partial charge on any atom is 0.416 e. The van der Waals surface area contributed by atoms with Crippen LogP contribution < -0.4 is 5.32 Å². The van der Waals surface area contributed by atoms with Crippen molar-refractivity contribution in [2.45, 2.75) is 12.6 Å². The first-order valence-corrected chi connectivity index (χ1v) is 5.04. The summed E-state index contributed by atoms with van der Waals surface area (Å²) in [6.07, 6.45) is -3.94. The van der Waals surface area contributed by atoms with Gasteiger partial charge in [0.25, 0.3) is 0 Å². The highest BCUT2D eigenvalue weighted by atomic mass is 35.5. The molecule has 0 radical (unpaired) electrons. The molecule has 90 valence electrons. The first-order chi connectivity index (χ1) is 7.43. The number of aliphatic hydroxyl groups excluding tert-OH is 1. The van der Waals surface area contributed by atoms with Crippen molar-refractivity contribution in [3.63, 3.8) is 0 Å². The van der Waals surface area contributed by atoms with Crippen LogP contribution in [0.3, 0.4) is 0 Å². The second-order valence-electron chi connectivity index (χ2n) is 3.23. The number of aliphatic hydroxyl groups is 1. The highest BCUT2D eigenvalue weighted by Gasteiger charge is 2.31. The Labute approximate surface area is 96.0 Å². The smallest absolute Gasteiger partial charge is 0.396 e. The molecule has 0 unspecified atom stereocenters. The van der Waals surface area contributed by atoms with Gasteiger partial charge >= 0.3 is 6.18 Å². The summed E-state index contributed by atoms with van der Waals surface area (Å²) in [7, 11) is 0. The highest BCUT2D eigenvalue weighted by Crippen LogP contribution is 2.33. The minimum atomic E-state index is -4.40. The maximum atomic E-state index is 12.4. The van der Waals surface area contributed by atoms with Crippen LogP contribution in [0.15, 0.2) is 18.2 Å². The van der Waals surface area contributed by atoms with E-state index in [4.69, 9.17) is 16.7 Å². The fourth-order valence-electron chi connectivity index (χ4n) is 1.17. The molecule has 0 aromatic heterocycles. The number of anilines is 1. The zero-order valence-electron chi connectivity index (χ0n) is 8.31. The first-order valence-electron chi connectivity index (χ1n) is 4.66. The molecule has 2 N–H and O–H groups in total. The Balaban J connectivity index is 2.82. The van der Waals surface area contributed by atoms with Gasteiger partial charge in [-0.3, -0.25) is 0 Å². The second kappa shape index (κ2) is 5.41. The predicted molar refractivity (Wildman–Crippen MR) is 56.6 cm³/mol. The van der Waals surface area contributed by atoms with Crippen molar-refractivity contribution in [2.24, 2.45) is 0 Å². The summed E-state index contributed by atoms with van der Waals surface area (Å²) in [6, 6.07) is 3.27. The summed E-state index contributed by atoms with van der Waals surface area (Å²) in [5.41, 5.74) is -0.486. The lowest BCUT2D eigenvalue weighted by molar-refractivity contribution is -0.137. The van der Waals surface area contributed by atoms with Crippen LogP contribution in [0, 0.1) is 0 Å². The molecular weight excluding hydrogens is 243 g/mol. The molecule has 0 spiro atoms. The van der Waals surface area contributed by atoms with Crippen LogP contribution in [0.25, 0.3) is 0 Å². The average Bonchev–Trinajstić information content (AvgIpc) is 2.16. The summed E-state index contributed by atoms with van der Waals surface area (Å²) < 4.78 is 37.2. The van der Waals surface area contributed by atoms with Gasteiger partial charge in [-0.15, -0.1) is 0 Å². The molecular formula is C10H11ClF3NO. The Hall–Kier alpha value is -0.940. The lowest BCUT2D eigenvalue weighted by atomic mass is 10.2. The third-order valence-electron chi connectivity index (χ3n) is 1.89. The minimum Gasteiger partial charge on any atom is -0.396 e. The lowest BCUT2D eigenvalue weighted by Gasteiger charge is -2.11. The molecule has 1 aromatic carbocycles. The van der Waals surface area contributed by atoms with Crippen molar-refractivity contribution in [3.8, 4) is 0 Å². The third kappa shape index (κ3) is 3.90. The molecule has 6 heteroatoms. The largest absolute Gasteiger partial charge is 0.416 e. The molecule has 0 saturated heterocycles. The van der Waals surface area contributed by atoms with E-state index in [1.54, 1.807) is 0 Å². The molecule has 0 aliphatic heterocycles. The molecule has 0 aliphatic rings. The van der Waals surface area contributed by atoms with Gasteiger partial charge in [0.05, 0.1) is 5.56 Å². The van der Waals surface area contributed by atoms with E-state index in [9.17, 15) is 13.2 Å². The van der Waals surface area contributed by atoms with Crippen LogP contribution in [0.1, 0.15) is 12.0 Å². The van der Waals surface area contributed by atoms with Crippen LogP contribution in [0.4, 0.5) is 18.9 Å². The molecule has 0 fully saturated rings. The summed E-state index contributed by atoms with van der Waals surface area (Å²) >= 11 is 5.58. The summed E-state index contributed by atoms with van der Waals surface area (Å²) in [6.45, 7) is 0.383. The van der Waals surface area contributed by atoms with Crippen LogP contribution in [0.2, 0.25) is 5.02 Å². The van der Waals surface area contributed by atoms with Crippen molar-refractivity contribution in [1.29, 1.82) is 0 Å². The normalized spacial score (nSPS) is 11.6. The van der Waals surface area contributed by atoms with E-state index in [1.807, 2.05) is 0 Å². The van der Waals surface area contributed by atoms with E-state index in [-0.39, 0.29) is 11.6 Å².